The Balaban J connectivity index is 2.57. The van der Waals surface area contributed by atoms with E-state index in [1.165, 1.54) is 18.2 Å². The number of benzene rings is 2. The second-order valence-electron chi connectivity index (χ2n) is 3.65. The number of rotatable bonds is 2. The molecule has 1 nitrogen and oxygen atoms in total. The van der Waals surface area contributed by atoms with Crippen molar-refractivity contribution in [1.82, 2.24) is 0 Å². The molecular weight excluding hydrogens is 422 g/mol. The molecule has 2 aromatic carbocycles. The minimum absolute atomic E-state index is 0.117. The van der Waals surface area contributed by atoms with Crippen molar-refractivity contribution in [2.45, 2.75) is 0 Å². The molecule has 0 saturated heterocycles. The summed E-state index contributed by atoms with van der Waals surface area (Å²) in [6, 6.07) is 7.77. The predicted molar refractivity (Wildman–Crippen MR) is 81.7 cm³/mol. The van der Waals surface area contributed by atoms with E-state index in [-0.39, 0.29) is 21.2 Å². The van der Waals surface area contributed by atoms with Gasteiger partial charge in [-0.3, -0.25) is 4.79 Å². The molecular formula is C13H5Br2Cl2FO. The first-order chi connectivity index (χ1) is 8.93. The van der Waals surface area contributed by atoms with Crippen LogP contribution in [-0.2, 0) is 0 Å². The third kappa shape index (κ3) is 2.87. The summed E-state index contributed by atoms with van der Waals surface area (Å²) in [7, 11) is 0. The van der Waals surface area contributed by atoms with Gasteiger partial charge in [0.15, 0.2) is 11.6 Å². The van der Waals surface area contributed by atoms with Crippen molar-refractivity contribution in [3.8, 4) is 0 Å². The van der Waals surface area contributed by atoms with E-state index in [2.05, 4.69) is 31.9 Å². The van der Waals surface area contributed by atoms with Crippen LogP contribution in [0.5, 0.6) is 0 Å². The molecule has 0 radical (unpaired) electrons. The van der Waals surface area contributed by atoms with Gasteiger partial charge in [-0.2, -0.15) is 0 Å². The van der Waals surface area contributed by atoms with E-state index in [9.17, 15) is 9.18 Å². The van der Waals surface area contributed by atoms with Crippen LogP contribution in [0.1, 0.15) is 15.9 Å². The number of halogens is 5. The van der Waals surface area contributed by atoms with Crippen molar-refractivity contribution >= 4 is 60.8 Å². The molecule has 0 bridgehead atoms. The van der Waals surface area contributed by atoms with Crippen LogP contribution in [0, 0.1) is 5.82 Å². The average Bonchev–Trinajstić information content (AvgIpc) is 2.39. The molecule has 0 heterocycles. The highest BCUT2D eigenvalue weighted by molar-refractivity contribution is 9.10. The topological polar surface area (TPSA) is 17.1 Å². The molecule has 0 aliphatic rings. The van der Waals surface area contributed by atoms with Crippen LogP contribution in [0.4, 0.5) is 4.39 Å². The van der Waals surface area contributed by atoms with Gasteiger partial charge < -0.3 is 0 Å². The van der Waals surface area contributed by atoms with Gasteiger partial charge in [-0.25, -0.2) is 4.39 Å². The Morgan fingerprint density at radius 2 is 1.58 bits per heavy atom. The summed E-state index contributed by atoms with van der Waals surface area (Å²) >= 11 is 18.1. The van der Waals surface area contributed by atoms with Crippen LogP contribution in [0.3, 0.4) is 0 Å². The molecule has 2 rings (SSSR count). The largest absolute Gasteiger partial charge is 0.288 e. The van der Waals surface area contributed by atoms with Crippen LogP contribution in [0.15, 0.2) is 39.3 Å². The lowest BCUT2D eigenvalue weighted by atomic mass is 10.0. The third-order valence-electron chi connectivity index (χ3n) is 2.48. The Kier molecular flexibility index (Phi) is 4.66. The Morgan fingerprint density at radius 1 is 0.947 bits per heavy atom. The molecule has 0 atom stereocenters. The summed E-state index contributed by atoms with van der Waals surface area (Å²) < 4.78 is 15.0. The van der Waals surface area contributed by atoms with E-state index in [0.717, 1.165) is 0 Å². The fraction of sp³-hybridized carbons (Fsp3) is 0. The number of hydrogen-bond donors (Lipinski definition) is 0. The van der Waals surface area contributed by atoms with E-state index in [4.69, 9.17) is 23.2 Å². The van der Waals surface area contributed by atoms with E-state index in [1.54, 1.807) is 12.1 Å². The fourth-order valence-corrected chi connectivity index (χ4v) is 2.57. The van der Waals surface area contributed by atoms with Crippen LogP contribution in [0.2, 0.25) is 10.0 Å². The van der Waals surface area contributed by atoms with Gasteiger partial charge in [0, 0.05) is 14.5 Å². The molecule has 19 heavy (non-hydrogen) atoms. The van der Waals surface area contributed by atoms with Gasteiger partial charge in [0.2, 0.25) is 0 Å². The van der Waals surface area contributed by atoms with Crippen molar-refractivity contribution in [2.24, 2.45) is 0 Å². The lowest BCUT2D eigenvalue weighted by Gasteiger charge is -2.08. The van der Waals surface area contributed by atoms with Crippen molar-refractivity contribution < 1.29 is 9.18 Å². The Hall–Kier alpha value is -0.420. The van der Waals surface area contributed by atoms with Crippen LogP contribution < -0.4 is 0 Å². The Bertz CT molecular complexity index is 674. The van der Waals surface area contributed by atoms with E-state index < -0.39 is 11.6 Å². The maximum absolute atomic E-state index is 14.0. The summed E-state index contributed by atoms with van der Waals surface area (Å²) in [5.41, 5.74) is 0.0986. The van der Waals surface area contributed by atoms with E-state index in [1.807, 2.05) is 0 Å². The van der Waals surface area contributed by atoms with Gasteiger partial charge >= 0.3 is 0 Å². The fourth-order valence-electron chi connectivity index (χ4n) is 1.53. The first-order valence-corrected chi connectivity index (χ1v) is 7.40. The van der Waals surface area contributed by atoms with Crippen molar-refractivity contribution in [3.63, 3.8) is 0 Å². The van der Waals surface area contributed by atoms with Gasteiger partial charge in [0.25, 0.3) is 0 Å². The molecule has 0 saturated carbocycles. The molecule has 6 heteroatoms. The zero-order valence-corrected chi connectivity index (χ0v) is 13.9. The maximum Gasteiger partial charge on any atom is 0.197 e. The number of hydrogen-bond acceptors (Lipinski definition) is 1. The smallest absolute Gasteiger partial charge is 0.197 e. The first-order valence-electron chi connectivity index (χ1n) is 5.05. The quantitative estimate of drug-likeness (QED) is 0.432. The molecule has 0 aliphatic carbocycles. The minimum Gasteiger partial charge on any atom is -0.288 e. The monoisotopic (exact) mass is 424 g/mol. The van der Waals surface area contributed by atoms with E-state index in [0.29, 0.717) is 8.95 Å². The van der Waals surface area contributed by atoms with Crippen molar-refractivity contribution in [2.75, 3.05) is 0 Å². The number of carbonyl (C=O) groups is 1. The molecule has 0 N–H and O–H groups in total. The zero-order valence-electron chi connectivity index (χ0n) is 9.18. The third-order valence-corrected chi connectivity index (χ3v) is 5.03. The average molecular weight is 427 g/mol. The van der Waals surface area contributed by atoms with Crippen molar-refractivity contribution in [3.05, 3.63) is 66.3 Å². The summed E-state index contributed by atoms with van der Waals surface area (Å²) in [5.74, 6) is -1.28. The first kappa shape index (κ1) is 15.0. The zero-order chi connectivity index (χ0) is 14.2. The number of carbonyl (C=O) groups excluding carboxylic acids is 1. The van der Waals surface area contributed by atoms with Crippen LogP contribution in [0.25, 0.3) is 0 Å². The van der Waals surface area contributed by atoms with Crippen molar-refractivity contribution in [1.29, 1.82) is 0 Å². The van der Waals surface area contributed by atoms with Gasteiger partial charge in [-0.15, -0.1) is 0 Å². The lowest BCUT2D eigenvalue weighted by Crippen LogP contribution is -2.06. The Labute approximate surface area is 136 Å². The lowest BCUT2D eigenvalue weighted by molar-refractivity contribution is 0.103. The van der Waals surface area contributed by atoms with Crippen LogP contribution in [-0.4, -0.2) is 5.78 Å². The van der Waals surface area contributed by atoms with E-state index >= 15 is 0 Å². The van der Waals surface area contributed by atoms with Gasteiger partial charge in [-0.05, 0) is 56.1 Å². The molecule has 0 unspecified atom stereocenters. The summed E-state index contributed by atoms with van der Waals surface area (Å²) in [5, 5.41) is 0.114. The molecule has 0 aromatic heterocycles. The Morgan fingerprint density at radius 3 is 2.26 bits per heavy atom. The van der Waals surface area contributed by atoms with Gasteiger partial charge in [0.05, 0.1) is 15.6 Å². The van der Waals surface area contributed by atoms with Crippen LogP contribution >= 0.6 is 55.1 Å². The minimum atomic E-state index is -0.767. The highest BCUT2D eigenvalue weighted by Crippen LogP contribution is 2.32. The molecule has 0 fully saturated rings. The standard InChI is InChI=1S/C13H5Br2Cl2FO/c14-8-3-1-2-6(10(8)16)13(19)7-4-5-9(15)11(17)12(7)18/h1-5H. The second-order valence-corrected chi connectivity index (χ2v) is 6.12. The molecule has 98 valence electrons. The van der Waals surface area contributed by atoms with Gasteiger partial charge in [0.1, 0.15) is 0 Å². The number of ketones is 1. The predicted octanol–water partition coefficient (Wildman–Crippen LogP) is 5.89. The maximum atomic E-state index is 14.0. The normalized spacial score (nSPS) is 10.6. The molecule has 0 amide bonds. The summed E-state index contributed by atoms with van der Waals surface area (Å²) in [6.07, 6.45) is 0. The highest BCUT2D eigenvalue weighted by atomic mass is 79.9. The second kappa shape index (κ2) is 5.92. The molecule has 0 aliphatic heterocycles. The SMILES string of the molecule is O=C(c1ccc(Br)c(Cl)c1F)c1cccc(Br)c1Cl. The molecule has 0 spiro atoms. The summed E-state index contributed by atoms with van der Waals surface area (Å²) in [4.78, 5) is 12.3. The molecule has 2 aromatic rings. The van der Waals surface area contributed by atoms with Gasteiger partial charge in [-0.1, -0.05) is 29.3 Å². The highest BCUT2D eigenvalue weighted by Gasteiger charge is 2.20. The summed E-state index contributed by atoms with van der Waals surface area (Å²) in [6.45, 7) is 0.